The first kappa shape index (κ1) is 16.5. The van der Waals surface area contributed by atoms with Crippen LogP contribution in [0, 0.1) is 0 Å². The third-order valence-electron chi connectivity index (χ3n) is 2.74. The lowest BCUT2D eigenvalue weighted by atomic mass is 10.0. The molecule has 1 aromatic rings. The number of rotatable bonds is 6. The Bertz CT molecular complexity index is 489. The molecule has 2 amide bonds. The van der Waals surface area contributed by atoms with Crippen molar-refractivity contribution >= 4 is 23.4 Å². The molecule has 6 heteroatoms. The van der Waals surface area contributed by atoms with Gasteiger partial charge in [0.25, 0.3) is 5.91 Å². The Morgan fingerprint density at radius 2 is 1.95 bits per heavy atom. The fourth-order valence-corrected chi connectivity index (χ4v) is 1.89. The summed E-state index contributed by atoms with van der Waals surface area (Å²) in [6.45, 7) is 3.45. The van der Waals surface area contributed by atoms with E-state index >= 15 is 0 Å². The first-order chi connectivity index (χ1) is 9.35. The van der Waals surface area contributed by atoms with Crippen LogP contribution in [0.2, 0.25) is 5.02 Å². The van der Waals surface area contributed by atoms with Crippen LogP contribution in [-0.2, 0) is 4.79 Å². The highest BCUT2D eigenvalue weighted by molar-refractivity contribution is 6.33. The zero-order valence-electron chi connectivity index (χ0n) is 11.6. The summed E-state index contributed by atoms with van der Waals surface area (Å²) in [5.41, 5.74) is -0.183. The lowest BCUT2D eigenvalue weighted by Gasteiger charge is -2.25. The quantitative estimate of drug-likeness (QED) is 0.742. The van der Waals surface area contributed by atoms with Crippen LogP contribution >= 0.6 is 11.6 Å². The fraction of sp³-hybridized carbons (Fsp3) is 0.429. The molecule has 0 aliphatic heterocycles. The van der Waals surface area contributed by atoms with Gasteiger partial charge in [0.05, 0.1) is 17.1 Å². The van der Waals surface area contributed by atoms with Crippen molar-refractivity contribution in [1.82, 2.24) is 10.6 Å². The van der Waals surface area contributed by atoms with Crippen LogP contribution in [0.5, 0.6) is 0 Å². The molecule has 110 valence electrons. The van der Waals surface area contributed by atoms with Gasteiger partial charge < -0.3 is 15.7 Å². The molecule has 0 fully saturated rings. The van der Waals surface area contributed by atoms with Crippen molar-refractivity contribution < 1.29 is 14.7 Å². The first-order valence-electron chi connectivity index (χ1n) is 6.30. The molecule has 3 N–H and O–H groups in total. The van der Waals surface area contributed by atoms with E-state index in [1.807, 2.05) is 0 Å². The minimum Gasteiger partial charge on any atom is -0.396 e. The number of hydrogen-bond donors (Lipinski definition) is 3. The number of hydrogen-bond acceptors (Lipinski definition) is 3. The van der Waals surface area contributed by atoms with Crippen LogP contribution < -0.4 is 10.6 Å². The molecule has 0 heterocycles. The number of aliphatic hydroxyl groups is 1. The molecule has 0 aliphatic rings. The van der Waals surface area contributed by atoms with Gasteiger partial charge in [-0.1, -0.05) is 23.7 Å². The van der Waals surface area contributed by atoms with Crippen molar-refractivity contribution in [2.45, 2.75) is 25.8 Å². The predicted molar refractivity (Wildman–Crippen MR) is 77.7 cm³/mol. The average molecular weight is 299 g/mol. The van der Waals surface area contributed by atoms with Gasteiger partial charge in [0.2, 0.25) is 5.91 Å². The number of benzene rings is 1. The molecule has 5 nitrogen and oxygen atoms in total. The minimum atomic E-state index is -0.513. The Kier molecular flexibility index (Phi) is 5.98. The molecular weight excluding hydrogens is 280 g/mol. The summed E-state index contributed by atoms with van der Waals surface area (Å²) in [6.07, 6.45) is 0.442. The van der Waals surface area contributed by atoms with Crippen LogP contribution in [0.1, 0.15) is 30.6 Å². The van der Waals surface area contributed by atoms with Gasteiger partial charge >= 0.3 is 0 Å². The summed E-state index contributed by atoms with van der Waals surface area (Å²) in [7, 11) is 0. The van der Waals surface area contributed by atoms with Crippen LogP contribution in [0.25, 0.3) is 0 Å². The zero-order valence-corrected chi connectivity index (χ0v) is 12.3. The summed E-state index contributed by atoms with van der Waals surface area (Å²) in [6, 6.07) is 6.63. The lowest BCUT2D eigenvalue weighted by molar-refractivity contribution is -0.121. The van der Waals surface area contributed by atoms with E-state index in [4.69, 9.17) is 16.7 Å². The second-order valence-corrected chi connectivity index (χ2v) is 5.48. The molecule has 0 bridgehead atoms. The standard InChI is InChI=1S/C14H19ClN2O3/c1-14(2,7-8-18)17-12(19)9-16-13(20)10-5-3-4-6-11(10)15/h3-6,18H,7-9H2,1-2H3,(H,16,20)(H,17,19). The molecule has 1 aromatic carbocycles. The van der Waals surface area contributed by atoms with Crippen molar-refractivity contribution in [2.24, 2.45) is 0 Å². The number of halogens is 1. The number of amides is 2. The molecule has 0 radical (unpaired) electrons. The number of carbonyl (C=O) groups excluding carboxylic acids is 2. The minimum absolute atomic E-state index is 0.0146. The third-order valence-corrected chi connectivity index (χ3v) is 3.07. The van der Waals surface area contributed by atoms with E-state index in [0.29, 0.717) is 17.0 Å². The molecule has 0 saturated heterocycles. The Morgan fingerprint density at radius 3 is 2.55 bits per heavy atom. The Morgan fingerprint density at radius 1 is 1.30 bits per heavy atom. The van der Waals surface area contributed by atoms with E-state index in [0.717, 1.165) is 0 Å². The van der Waals surface area contributed by atoms with E-state index in [1.54, 1.807) is 38.1 Å². The molecule has 0 atom stereocenters. The monoisotopic (exact) mass is 298 g/mol. The number of nitrogens with one attached hydrogen (secondary N) is 2. The third kappa shape index (κ3) is 5.19. The van der Waals surface area contributed by atoms with Crippen molar-refractivity contribution in [3.05, 3.63) is 34.9 Å². The van der Waals surface area contributed by atoms with E-state index in [-0.39, 0.29) is 19.1 Å². The summed E-state index contributed by atoms with van der Waals surface area (Å²) < 4.78 is 0. The van der Waals surface area contributed by atoms with Gasteiger partial charge in [-0.2, -0.15) is 0 Å². The van der Waals surface area contributed by atoms with Gasteiger partial charge in [0.1, 0.15) is 0 Å². The molecule has 0 aromatic heterocycles. The predicted octanol–water partition coefficient (Wildman–Crippen LogP) is 1.35. The first-order valence-corrected chi connectivity index (χ1v) is 6.68. The summed E-state index contributed by atoms with van der Waals surface area (Å²) in [5.74, 6) is -0.713. The Balaban J connectivity index is 2.49. The van der Waals surface area contributed by atoms with Gasteiger partial charge in [-0.15, -0.1) is 0 Å². The normalized spacial score (nSPS) is 11.0. The van der Waals surface area contributed by atoms with Crippen molar-refractivity contribution in [3.8, 4) is 0 Å². The topological polar surface area (TPSA) is 78.4 Å². The van der Waals surface area contributed by atoms with Gasteiger partial charge in [-0.05, 0) is 32.4 Å². The van der Waals surface area contributed by atoms with E-state index in [1.165, 1.54) is 0 Å². The summed E-state index contributed by atoms with van der Waals surface area (Å²) in [4.78, 5) is 23.6. The van der Waals surface area contributed by atoms with Gasteiger partial charge in [0.15, 0.2) is 0 Å². The lowest BCUT2D eigenvalue weighted by Crippen LogP contribution is -2.48. The average Bonchev–Trinajstić information content (AvgIpc) is 2.35. The molecule has 0 unspecified atom stereocenters. The molecule has 0 spiro atoms. The maximum Gasteiger partial charge on any atom is 0.253 e. The number of carbonyl (C=O) groups is 2. The van der Waals surface area contributed by atoms with Crippen LogP contribution in [0.4, 0.5) is 0 Å². The van der Waals surface area contributed by atoms with Crippen molar-refractivity contribution in [3.63, 3.8) is 0 Å². The SMILES string of the molecule is CC(C)(CCO)NC(=O)CNC(=O)c1ccccc1Cl. The van der Waals surface area contributed by atoms with Crippen LogP contribution in [0.3, 0.4) is 0 Å². The molecule has 0 aliphatic carbocycles. The van der Waals surface area contributed by atoms with Crippen molar-refractivity contribution in [2.75, 3.05) is 13.2 Å². The highest BCUT2D eigenvalue weighted by atomic mass is 35.5. The van der Waals surface area contributed by atoms with Crippen LogP contribution in [0.15, 0.2) is 24.3 Å². The molecule has 20 heavy (non-hydrogen) atoms. The van der Waals surface area contributed by atoms with E-state index in [9.17, 15) is 9.59 Å². The largest absolute Gasteiger partial charge is 0.396 e. The molecule has 1 rings (SSSR count). The van der Waals surface area contributed by atoms with Gasteiger partial charge in [0, 0.05) is 12.1 Å². The van der Waals surface area contributed by atoms with E-state index in [2.05, 4.69) is 10.6 Å². The Hall–Kier alpha value is -1.59. The highest BCUT2D eigenvalue weighted by Gasteiger charge is 2.20. The highest BCUT2D eigenvalue weighted by Crippen LogP contribution is 2.14. The maximum atomic E-state index is 11.8. The summed E-state index contributed by atoms with van der Waals surface area (Å²) >= 11 is 5.89. The smallest absolute Gasteiger partial charge is 0.253 e. The van der Waals surface area contributed by atoms with Gasteiger partial charge in [-0.25, -0.2) is 0 Å². The molecular formula is C14H19ClN2O3. The molecule has 0 saturated carbocycles. The van der Waals surface area contributed by atoms with E-state index < -0.39 is 11.4 Å². The number of aliphatic hydroxyl groups excluding tert-OH is 1. The van der Waals surface area contributed by atoms with Gasteiger partial charge in [-0.3, -0.25) is 9.59 Å². The van der Waals surface area contributed by atoms with Crippen molar-refractivity contribution in [1.29, 1.82) is 0 Å². The maximum absolute atomic E-state index is 11.8. The summed E-state index contributed by atoms with van der Waals surface area (Å²) in [5, 5.41) is 14.5. The second kappa shape index (κ2) is 7.26. The second-order valence-electron chi connectivity index (χ2n) is 5.07. The van der Waals surface area contributed by atoms with Crippen LogP contribution in [-0.4, -0.2) is 35.6 Å². The Labute approximate surface area is 123 Å². The fourth-order valence-electron chi connectivity index (χ4n) is 1.66. The zero-order chi connectivity index (χ0) is 15.2.